The maximum atomic E-state index is 9.65. The summed E-state index contributed by atoms with van der Waals surface area (Å²) in [6, 6.07) is 10.6. The van der Waals surface area contributed by atoms with Crippen LogP contribution in [-0.2, 0) is 0 Å². The summed E-state index contributed by atoms with van der Waals surface area (Å²) in [5.74, 6) is 6.53. The molecule has 2 nitrogen and oxygen atoms in total. The molecule has 1 aliphatic rings. The van der Waals surface area contributed by atoms with Crippen molar-refractivity contribution < 1.29 is 5.11 Å². The fourth-order valence-corrected chi connectivity index (χ4v) is 2.87. The molecule has 108 valence electrons. The molecule has 1 N–H and O–H groups in total. The summed E-state index contributed by atoms with van der Waals surface area (Å²) in [6.07, 6.45) is 5.68. The normalized spacial score (nSPS) is 21.6. The third-order valence-electron chi connectivity index (χ3n) is 3.90. The van der Waals surface area contributed by atoms with E-state index < -0.39 is 0 Å². The summed E-state index contributed by atoms with van der Waals surface area (Å²) >= 11 is 0. The summed E-state index contributed by atoms with van der Waals surface area (Å²) < 4.78 is 0. The molecular formula is C18H25NO. The molecule has 1 fully saturated rings. The molecule has 0 aromatic heterocycles. The van der Waals surface area contributed by atoms with Crippen molar-refractivity contribution >= 4 is 0 Å². The van der Waals surface area contributed by atoms with Crippen LogP contribution in [0.5, 0.6) is 0 Å². The molecule has 0 amide bonds. The lowest BCUT2D eigenvalue weighted by atomic mass is 10.0. The highest BCUT2D eigenvalue weighted by Gasteiger charge is 2.21. The van der Waals surface area contributed by atoms with Crippen LogP contribution < -0.4 is 0 Å². The van der Waals surface area contributed by atoms with Gasteiger partial charge in [0.15, 0.2) is 0 Å². The Labute approximate surface area is 122 Å². The van der Waals surface area contributed by atoms with E-state index in [1.54, 1.807) is 0 Å². The maximum absolute atomic E-state index is 9.65. The third kappa shape index (κ3) is 5.00. The van der Waals surface area contributed by atoms with Crippen molar-refractivity contribution in [3.8, 4) is 11.8 Å². The number of aliphatic hydroxyl groups excluding tert-OH is 1. The lowest BCUT2D eigenvalue weighted by Crippen LogP contribution is -2.37. The maximum Gasteiger partial charge on any atom is 0.0607 e. The van der Waals surface area contributed by atoms with Gasteiger partial charge < -0.3 is 5.11 Å². The van der Waals surface area contributed by atoms with Gasteiger partial charge in [-0.15, -0.1) is 0 Å². The number of hydrogen-bond donors (Lipinski definition) is 1. The zero-order valence-electron chi connectivity index (χ0n) is 12.4. The molecule has 20 heavy (non-hydrogen) atoms. The molecule has 2 unspecified atom stereocenters. The molecule has 1 saturated heterocycles. The van der Waals surface area contributed by atoms with E-state index in [0.29, 0.717) is 6.04 Å². The first-order chi connectivity index (χ1) is 9.75. The first-order valence-corrected chi connectivity index (χ1v) is 7.72. The molecular weight excluding hydrogens is 246 g/mol. The Morgan fingerprint density at radius 3 is 2.80 bits per heavy atom. The molecule has 1 aromatic carbocycles. The van der Waals surface area contributed by atoms with Gasteiger partial charge in [0.2, 0.25) is 0 Å². The van der Waals surface area contributed by atoms with Crippen LogP contribution in [0.1, 0.15) is 44.6 Å². The van der Waals surface area contributed by atoms with Crippen molar-refractivity contribution in [1.82, 2.24) is 4.90 Å². The monoisotopic (exact) mass is 271 g/mol. The van der Waals surface area contributed by atoms with Crippen molar-refractivity contribution in [3.63, 3.8) is 0 Å². The van der Waals surface area contributed by atoms with Gasteiger partial charge in [0.1, 0.15) is 0 Å². The predicted octanol–water partition coefficient (Wildman–Crippen LogP) is 3.05. The van der Waals surface area contributed by atoms with E-state index in [-0.39, 0.29) is 6.10 Å². The lowest BCUT2D eigenvalue weighted by Gasteiger charge is -2.29. The van der Waals surface area contributed by atoms with Crippen molar-refractivity contribution in [2.75, 3.05) is 13.1 Å². The summed E-state index contributed by atoms with van der Waals surface area (Å²) in [4.78, 5) is 2.45. The average Bonchev–Trinajstić information content (AvgIpc) is 2.65. The molecule has 0 radical (unpaired) electrons. The highest BCUT2D eigenvalue weighted by atomic mass is 16.3. The summed E-state index contributed by atoms with van der Waals surface area (Å²) in [5.41, 5.74) is 1.08. The number of rotatable bonds is 3. The van der Waals surface area contributed by atoms with Gasteiger partial charge in [-0.25, -0.2) is 0 Å². The van der Waals surface area contributed by atoms with E-state index >= 15 is 0 Å². The molecule has 0 saturated carbocycles. The van der Waals surface area contributed by atoms with E-state index in [1.807, 2.05) is 37.3 Å². The number of likely N-dealkylation sites (tertiary alicyclic amines) is 1. The van der Waals surface area contributed by atoms with Crippen molar-refractivity contribution in [2.45, 2.75) is 51.2 Å². The molecule has 2 rings (SSSR count). The fourth-order valence-electron chi connectivity index (χ4n) is 2.87. The van der Waals surface area contributed by atoms with Crippen LogP contribution in [-0.4, -0.2) is 35.2 Å². The Morgan fingerprint density at radius 1 is 1.25 bits per heavy atom. The van der Waals surface area contributed by atoms with Gasteiger partial charge in [-0.1, -0.05) is 42.9 Å². The minimum absolute atomic E-state index is 0.220. The number of benzene rings is 1. The van der Waals surface area contributed by atoms with E-state index in [0.717, 1.165) is 25.1 Å². The van der Waals surface area contributed by atoms with Crippen molar-refractivity contribution in [1.29, 1.82) is 0 Å². The number of aliphatic hydroxyl groups is 1. The predicted molar refractivity (Wildman–Crippen MR) is 83.4 cm³/mol. The van der Waals surface area contributed by atoms with Crippen molar-refractivity contribution in [3.05, 3.63) is 35.9 Å². The SMILES string of the molecule is CC(O)CC1CCCCCN1CC#Cc1ccccc1. The first-order valence-electron chi connectivity index (χ1n) is 7.72. The van der Waals surface area contributed by atoms with Gasteiger partial charge in [-0.3, -0.25) is 4.90 Å². The second-order valence-corrected chi connectivity index (χ2v) is 5.73. The van der Waals surface area contributed by atoms with Gasteiger partial charge >= 0.3 is 0 Å². The van der Waals surface area contributed by atoms with Crippen LogP contribution in [0, 0.1) is 11.8 Å². The Morgan fingerprint density at radius 2 is 2.05 bits per heavy atom. The Kier molecular flexibility index (Phi) is 6.11. The van der Waals surface area contributed by atoms with E-state index in [2.05, 4.69) is 16.7 Å². The molecule has 2 atom stereocenters. The quantitative estimate of drug-likeness (QED) is 0.854. The molecule has 1 aromatic rings. The summed E-state index contributed by atoms with van der Waals surface area (Å²) in [7, 11) is 0. The minimum atomic E-state index is -0.220. The minimum Gasteiger partial charge on any atom is -0.393 e. The van der Waals surface area contributed by atoms with Crippen LogP contribution in [0.4, 0.5) is 0 Å². The van der Waals surface area contributed by atoms with Gasteiger partial charge in [-0.05, 0) is 44.9 Å². The number of nitrogens with zero attached hydrogens (tertiary/aromatic N) is 1. The lowest BCUT2D eigenvalue weighted by molar-refractivity contribution is 0.121. The van der Waals surface area contributed by atoms with E-state index in [9.17, 15) is 5.11 Å². The standard InChI is InChI=1S/C18H25NO/c1-16(20)15-18-12-6-3-7-13-19(18)14-8-11-17-9-4-2-5-10-17/h2,4-5,9-10,16,18,20H,3,6-7,12-15H2,1H3. The molecule has 1 aliphatic heterocycles. The average molecular weight is 271 g/mol. The molecule has 0 spiro atoms. The van der Waals surface area contributed by atoms with E-state index in [1.165, 1.54) is 25.7 Å². The van der Waals surface area contributed by atoms with Gasteiger partial charge in [-0.2, -0.15) is 0 Å². The van der Waals surface area contributed by atoms with Crippen LogP contribution in [0.3, 0.4) is 0 Å². The van der Waals surface area contributed by atoms with Gasteiger partial charge in [0.05, 0.1) is 12.6 Å². The van der Waals surface area contributed by atoms with E-state index in [4.69, 9.17) is 0 Å². The highest BCUT2D eigenvalue weighted by molar-refractivity contribution is 5.33. The largest absolute Gasteiger partial charge is 0.393 e. The highest BCUT2D eigenvalue weighted by Crippen LogP contribution is 2.20. The Hall–Kier alpha value is -1.30. The Bertz CT molecular complexity index is 443. The second kappa shape index (κ2) is 8.09. The zero-order valence-corrected chi connectivity index (χ0v) is 12.4. The molecule has 2 heteroatoms. The summed E-state index contributed by atoms with van der Waals surface area (Å²) in [6.45, 7) is 3.81. The van der Waals surface area contributed by atoms with Crippen LogP contribution in [0.25, 0.3) is 0 Å². The topological polar surface area (TPSA) is 23.5 Å². The van der Waals surface area contributed by atoms with Crippen molar-refractivity contribution in [2.24, 2.45) is 0 Å². The fraction of sp³-hybridized carbons (Fsp3) is 0.556. The second-order valence-electron chi connectivity index (χ2n) is 5.73. The smallest absolute Gasteiger partial charge is 0.0607 e. The Balaban J connectivity index is 1.95. The molecule has 0 aliphatic carbocycles. The number of hydrogen-bond acceptors (Lipinski definition) is 2. The van der Waals surface area contributed by atoms with Crippen LogP contribution >= 0.6 is 0 Å². The zero-order chi connectivity index (χ0) is 14.2. The van der Waals surface area contributed by atoms with Gasteiger partial charge in [0, 0.05) is 11.6 Å². The molecule has 0 bridgehead atoms. The molecule has 1 heterocycles. The summed E-state index contributed by atoms with van der Waals surface area (Å²) in [5, 5.41) is 9.65. The van der Waals surface area contributed by atoms with Crippen LogP contribution in [0.15, 0.2) is 30.3 Å². The van der Waals surface area contributed by atoms with Gasteiger partial charge in [0.25, 0.3) is 0 Å². The third-order valence-corrected chi connectivity index (χ3v) is 3.90. The first kappa shape index (κ1) is 15.1. The van der Waals surface area contributed by atoms with Crippen LogP contribution in [0.2, 0.25) is 0 Å².